The molecule has 7 heteroatoms. The van der Waals surface area contributed by atoms with E-state index in [1.165, 1.54) is 9.58 Å². The molecule has 25 heavy (non-hydrogen) atoms. The topological polar surface area (TPSA) is 95.7 Å². The first-order chi connectivity index (χ1) is 12.0. The number of benzene rings is 1. The average molecular weight is 345 g/mol. The molecule has 0 spiro atoms. The lowest BCUT2D eigenvalue weighted by Crippen LogP contribution is -2.52. The third kappa shape index (κ3) is 3.05. The number of carbonyl (C=O) groups is 1. The Morgan fingerprint density at radius 3 is 2.64 bits per heavy atom. The van der Waals surface area contributed by atoms with E-state index in [4.69, 9.17) is 0 Å². The smallest absolute Gasteiger partial charge is 0.275 e. The number of hydrogen-bond acceptors (Lipinski definition) is 5. The second-order valence-electron chi connectivity index (χ2n) is 6.49. The van der Waals surface area contributed by atoms with E-state index in [9.17, 15) is 19.8 Å². The third-order valence-corrected chi connectivity index (χ3v) is 4.98. The van der Waals surface area contributed by atoms with Gasteiger partial charge >= 0.3 is 0 Å². The largest absolute Gasteiger partial charge is 0.390 e. The fourth-order valence-electron chi connectivity index (χ4n) is 3.48. The van der Waals surface area contributed by atoms with Crippen LogP contribution in [0.1, 0.15) is 36.7 Å². The number of carbonyl (C=O) groups excluding carboxylic acids is 1. The van der Waals surface area contributed by atoms with E-state index in [1.807, 2.05) is 0 Å². The molecule has 3 atom stereocenters. The minimum Gasteiger partial charge on any atom is -0.390 e. The van der Waals surface area contributed by atoms with E-state index >= 15 is 0 Å². The molecule has 134 valence electrons. The van der Waals surface area contributed by atoms with Crippen molar-refractivity contribution in [3.63, 3.8) is 0 Å². The van der Waals surface area contributed by atoms with Crippen LogP contribution in [0.15, 0.2) is 29.1 Å². The molecule has 0 bridgehead atoms. The highest BCUT2D eigenvalue weighted by Gasteiger charge is 2.36. The summed E-state index contributed by atoms with van der Waals surface area (Å²) in [7, 11) is 1.60. The summed E-state index contributed by atoms with van der Waals surface area (Å²) in [4.78, 5) is 26.9. The molecule has 1 aromatic carbocycles. The van der Waals surface area contributed by atoms with Crippen molar-refractivity contribution in [1.82, 2.24) is 14.7 Å². The van der Waals surface area contributed by atoms with Gasteiger partial charge in [-0.1, -0.05) is 18.2 Å². The minimum atomic E-state index is -0.981. The summed E-state index contributed by atoms with van der Waals surface area (Å²) in [5, 5.41) is 25.3. The highest BCUT2D eigenvalue weighted by molar-refractivity contribution is 6.04. The average Bonchev–Trinajstić information content (AvgIpc) is 2.63. The van der Waals surface area contributed by atoms with Crippen LogP contribution < -0.4 is 5.56 Å². The summed E-state index contributed by atoms with van der Waals surface area (Å²) in [6, 6.07) is 6.43. The molecule has 1 heterocycles. The summed E-state index contributed by atoms with van der Waals surface area (Å²) in [5.41, 5.74) is -0.0442. The van der Waals surface area contributed by atoms with Crippen LogP contribution >= 0.6 is 0 Å². The third-order valence-electron chi connectivity index (χ3n) is 4.98. The number of rotatable bonds is 3. The molecule has 1 aromatic heterocycles. The maximum absolute atomic E-state index is 13.0. The first kappa shape index (κ1) is 17.6. The van der Waals surface area contributed by atoms with Gasteiger partial charge in [-0.05, 0) is 32.3 Å². The standard InChI is InChI=1S/C18H23N3O4/c1-3-21-17(24)12-8-5-4-7-11(12)15(19-21)18(25)20(2)13-9-6-10-14(22)16(13)23/h4-5,7-8,13-14,16,22-23H,3,6,9-10H2,1-2H3/t13-,14-,16-/m1/s1. The van der Waals surface area contributed by atoms with Crippen LogP contribution in [0.4, 0.5) is 0 Å². The number of aliphatic hydroxyl groups is 2. The summed E-state index contributed by atoms with van der Waals surface area (Å²) in [6.45, 7) is 2.15. The second kappa shape index (κ2) is 6.93. The van der Waals surface area contributed by atoms with E-state index in [2.05, 4.69) is 5.10 Å². The zero-order chi connectivity index (χ0) is 18.1. The highest BCUT2D eigenvalue weighted by atomic mass is 16.3. The SMILES string of the molecule is CCn1nc(C(=O)N(C)[C@@H]2CCC[C@@H](O)[C@@H]2O)c2ccccc2c1=O. The molecule has 1 fully saturated rings. The molecular formula is C18H23N3O4. The number of aliphatic hydroxyl groups excluding tert-OH is 2. The van der Waals surface area contributed by atoms with Crippen LogP contribution in [0.25, 0.3) is 10.8 Å². The van der Waals surface area contributed by atoms with Gasteiger partial charge in [0.1, 0.15) is 6.10 Å². The summed E-state index contributed by atoms with van der Waals surface area (Å²) in [5.74, 6) is -0.364. The molecule has 1 saturated carbocycles. The lowest BCUT2D eigenvalue weighted by atomic mass is 9.89. The lowest BCUT2D eigenvalue weighted by molar-refractivity contribution is -0.0527. The number of aromatic nitrogens is 2. The number of hydrogen-bond donors (Lipinski definition) is 2. The molecule has 0 unspecified atom stereocenters. The molecule has 1 aliphatic carbocycles. The molecule has 0 radical (unpaired) electrons. The first-order valence-electron chi connectivity index (χ1n) is 8.58. The van der Waals surface area contributed by atoms with Gasteiger partial charge in [0.2, 0.25) is 0 Å². The maximum Gasteiger partial charge on any atom is 0.275 e. The molecular weight excluding hydrogens is 322 g/mol. The predicted molar refractivity (Wildman–Crippen MR) is 93.4 cm³/mol. The van der Waals surface area contributed by atoms with Gasteiger partial charge in [0.15, 0.2) is 5.69 Å². The first-order valence-corrected chi connectivity index (χ1v) is 8.58. The number of amides is 1. The molecule has 3 rings (SSSR count). The van der Waals surface area contributed by atoms with Crippen molar-refractivity contribution in [3.8, 4) is 0 Å². The van der Waals surface area contributed by atoms with E-state index in [-0.39, 0.29) is 17.2 Å². The Morgan fingerprint density at radius 1 is 1.28 bits per heavy atom. The molecule has 1 aliphatic rings. The number of aryl methyl sites for hydroxylation is 1. The van der Waals surface area contributed by atoms with E-state index in [0.717, 1.165) is 6.42 Å². The van der Waals surface area contributed by atoms with Crippen LogP contribution in [0, 0.1) is 0 Å². The van der Waals surface area contributed by atoms with Gasteiger partial charge in [-0.3, -0.25) is 9.59 Å². The molecule has 0 aliphatic heterocycles. The number of likely N-dealkylation sites (N-methyl/N-ethyl adjacent to an activating group) is 1. The maximum atomic E-state index is 13.0. The molecule has 0 saturated heterocycles. The summed E-state index contributed by atoms with van der Waals surface area (Å²) < 4.78 is 1.27. The van der Waals surface area contributed by atoms with Crippen LogP contribution in [0.3, 0.4) is 0 Å². The van der Waals surface area contributed by atoms with Crippen molar-refractivity contribution in [2.24, 2.45) is 0 Å². The zero-order valence-corrected chi connectivity index (χ0v) is 14.4. The Labute approximate surface area is 145 Å². The fourth-order valence-corrected chi connectivity index (χ4v) is 3.48. The molecule has 1 amide bonds. The van der Waals surface area contributed by atoms with Gasteiger partial charge in [-0.15, -0.1) is 0 Å². The van der Waals surface area contributed by atoms with Crippen molar-refractivity contribution >= 4 is 16.7 Å². The molecule has 2 N–H and O–H groups in total. The van der Waals surface area contributed by atoms with Gasteiger partial charge in [0, 0.05) is 19.0 Å². The van der Waals surface area contributed by atoms with Gasteiger partial charge < -0.3 is 15.1 Å². The van der Waals surface area contributed by atoms with E-state index < -0.39 is 18.2 Å². The van der Waals surface area contributed by atoms with Crippen molar-refractivity contribution in [2.75, 3.05) is 7.05 Å². The van der Waals surface area contributed by atoms with E-state index in [0.29, 0.717) is 30.2 Å². The fraction of sp³-hybridized carbons (Fsp3) is 0.500. The Hall–Kier alpha value is -2.25. The summed E-state index contributed by atoms with van der Waals surface area (Å²) in [6.07, 6.45) is 0.0747. The van der Waals surface area contributed by atoms with Gasteiger partial charge in [0.05, 0.1) is 17.5 Å². The normalized spacial score (nSPS) is 23.6. The quantitative estimate of drug-likeness (QED) is 0.856. The Bertz CT molecular complexity index is 848. The van der Waals surface area contributed by atoms with Crippen molar-refractivity contribution in [3.05, 3.63) is 40.3 Å². The summed E-state index contributed by atoms with van der Waals surface area (Å²) >= 11 is 0. The monoisotopic (exact) mass is 345 g/mol. The van der Waals surface area contributed by atoms with Crippen LogP contribution in [-0.4, -0.2) is 56.1 Å². The highest BCUT2D eigenvalue weighted by Crippen LogP contribution is 2.25. The van der Waals surface area contributed by atoms with Gasteiger partial charge in [-0.25, -0.2) is 4.68 Å². The molecule has 2 aromatic rings. The van der Waals surface area contributed by atoms with Crippen molar-refractivity contribution < 1.29 is 15.0 Å². The zero-order valence-electron chi connectivity index (χ0n) is 14.4. The lowest BCUT2D eigenvalue weighted by Gasteiger charge is -2.37. The minimum absolute atomic E-state index is 0.187. The second-order valence-corrected chi connectivity index (χ2v) is 6.49. The van der Waals surface area contributed by atoms with Gasteiger partial charge in [0.25, 0.3) is 11.5 Å². The Morgan fingerprint density at radius 2 is 1.96 bits per heavy atom. The Balaban J connectivity index is 2.05. The molecule has 7 nitrogen and oxygen atoms in total. The van der Waals surface area contributed by atoms with Gasteiger partial charge in [-0.2, -0.15) is 5.10 Å². The van der Waals surface area contributed by atoms with Crippen molar-refractivity contribution in [2.45, 2.75) is 51.0 Å². The number of nitrogens with zero attached hydrogens (tertiary/aromatic N) is 3. The van der Waals surface area contributed by atoms with Crippen LogP contribution in [0.5, 0.6) is 0 Å². The predicted octanol–water partition coefficient (Wildman–Crippen LogP) is 0.763. The van der Waals surface area contributed by atoms with Crippen LogP contribution in [-0.2, 0) is 6.54 Å². The van der Waals surface area contributed by atoms with Crippen molar-refractivity contribution in [1.29, 1.82) is 0 Å². The Kier molecular flexibility index (Phi) is 4.87. The van der Waals surface area contributed by atoms with Crippen LogP contribution in [0.2, 0.25) is 0 Å². The van der Waals surface area contributed by atoms with E-state index in [1.54, 1.807) is 38.2 Å². The number of fused-ring (bicyclic) bond motifs is 1.